The Hall–Kier alpha value is 0.200. The molecule has 1 aliphatic rings. The number of halogens is 1. The molecular formula is C10H20INO. The van der Waals surface area contributed by atoms with E-state index in [-0.39, 0.29) is 29.5 Å². The number of hydrogen-bond acceptors (Lipinski definition) is 1. The smallest absolute Gasteiger partial charge is 0.336 e. The summed E-state index contributed by atoms with van der Waals surface area (Å²) >= 11 is 0. The predicted molar refractivity (Wildman–Crippen MR) is 50.7 cm³/mol. The van der Waals surface area contributed by atoms with Crippen LogP contribution in [0.3, 0.4) is 0 Å². The summed E-state index contributed by atoms with van der Waals surface area (Å²) in [6, 6.07) is 0. The van der Waals surface area contributed by atoms with E-state index in [4.69, 9.17) is 4.74 Å². The lowest BCUT2D eigenvalue weighted by molar-refractivity contribution is -0.595. The molecule has 2 nitrogen and oxygen atoms in total. The van der Waals surface area contributed by atoms with Crippen molar-refractivity contribution in [3.8, 4) is 0 Å². The van der Waals surface area contributed by atoms with Crippen LogP contribution in [-0.4, -0.2) is 29.2 Å². The molecule has 3 heteroatoms. The van der Waals surface area contributed by atoms with Gasteiger partial charge in [-0.05, 0) is 6.92 Å². The highest BCUT2D eigenvalue weighted by molar-refractivity contribution is 5.71. The first kappa shape index (κ1) is 13.2. The van der Waals surface area contributed by atoms with Gasteiger partial charge in [0.2, 0.25) is 0 Å². The van der Waals surface area contributed by atoms with Gasteiger partial charge in [0, 0.05) is 20.3 Å². The van der Waals surface area contributed by atoms with Crippen molar-refractivity contribution in [3.63, 3.8) is 0 Å². The number of ether oxygens (including phenoxy) is 1. The highest BCUT2D eigenvalue weighted by atomic mass is 127. The van der Waals surface area contributed by atoms with Crippen molar-refractivity contribution in [2.45, 2.75) is 52.2 Å². The van der Waals surface area contributed by atoms with Crippen molar-refractivity contribution in [1.82, 2.24) is 0 Å². The molecule has 0 fully saturated rings. The van der Waals surface area contributed by atoms with E-state index in [0.717, 1.165) is 18.7 Å². The van der Waals surface area contributed by atoms with Crippen LogP contribution in [0.15, 0.2) is 0 Å². The molecule has 0 saturated heterocycles. The maximum atomic E-state index is 5.73. The van der Waals surface area contributed by atoms with Crippen LogP contribution in [0.2, 0.25) is 0 Å². The van der Waals surface area contributed by atoms with E-state index < -0.39 is 0 Å². The van der Waals surface area contributed by atoms with Crippen molar-refractivity contribution in [2.24, 2.45) is 0 Å². The SMILES string of the molecule is CCC1=[N+](C)C(C)(C)CC(C)O1.[I-]. The molecule has 0 aliphatic carbocycles. The molecule has 78 valence electrons. The Morgan fingerprint density at radius 3 is 2.54 bits per heavy atom. The summed E-state index contributed by atoms with van der Waals surface area (Å²) in [5.74, 6) is 1.12. The summed E-state index contributed by atoms with van der Waals surface area (Å²) in [4.78, 5) is 0. The molecule has 1 rings (SSSR count). The van der Waals surface area contributed by atoms with Gasteiger partial charge in [-0.1, -0.05) is 6.92 Å². The van der Waals surface area contributed by atoms with E-state index in [1.165, 1.54) is 0 Å². The molecule has 0 saturated carbocycles. The zero-order valence-corrected chi connectivity index (χ0v) is 11.4. The van der Waals surface area contributed by atoms with Crippen LogP contribution in [-0.2, 0) is 4.74 Å². The molecule has 0 amide bonds. The summed E-state index contributed by atoms with van der Waals surface area (Å²) in [6.07, 6.45) is 2.46. The zero-order valence-electron chi connectivity index (χ0n) is 9.22. The summed E-state index contributed by atoms with van der Waals surface area (Å²) < 4.78 is 7.98. The van der Waals surface area contributed by atoms with Gasteiger partial charge in [-0.25, -0.2) is 4.58 Å². The van der Waals surface area contributed by atoms with Gasteiger partial charge in [-0.15, -0.1) is 0 Å². The Labute approximate surface area is 98.4 Å². The summed E-state index contributed by atoms with van der Waals surface area (Å²) in [7, 11) is 2.12. The number of rotatable bonds is 1. The topological polar surface area (TPSA) is 12.2 Å². The second-order valence-corrected chi connectivity index (χ2v) is 4.25. The van der Waals surface area contributed by atoms with Gasteiger partial charge in [0.05, 0.1) is 6.42 Å². The normalized spacial score (nSPS) is 26.4. The molecule has 1 aliphatic heterocycles. The van der Waals surface area contributed by atoms with Gasteiger partial charge in [-0.3, -0.25) is 0 Å². The first-order chi connectivity index (χ1) is 5.47. The van der Waals surface area contributed by atoms with E-state index >= 15 is 0 Å². The largest absolute Gasteiger partial charge is 1.00 e. The van der Waals surface area contributed by atoms with Gasteiger partial charge < -0.3 is 28.7 Å². The molecule has 1 unspecified atom stereocenters. The Morgan fingerprint density at radius 2 is 2.08 bits per heavy atom. The maximum Gasteiger partial charge on any atom is 0.336 e. The van der Waals surface area contributed by atoms with E-state index in [0.29, 0.717) is 6.10 Å². The van der Waals surface area contributed by atoms with Crippen LogP contribution in [0.1, 0.15) is 40.5 Å². The van der Waals surface area contributed by atoms with Crippen LogP contribution in [0, 0.1) is 0 Å². The van der Waals surface area contributed by atoms with Crippen LogP contribution < -0.4 is 24.0 Å². The standard InChI is InChI=1S/C10H20NO.HI/c1-6-9-11(5)10(3,4)7-8(2)12-9;/h8H,6-7H2,1-5H3;1H/q+1;/p-1. The fourth-order valence-electron chi connectivity index (χ4n) is 1.85. The summed E-state index contributed by atoms with van der Waals surface area (Å²) in [5, 5.41) is 0. The minimum absolute atomic E-state index is 0. The van der Waals surface area contributed by atoms with Gasteiger partial charge >= 0.3 is 5.90 Å². The first-order valence-corrected chi connectivity index (χ1v) is 4.73. The van der Waals surface area contributed by atoms with Crippen LogP contribution in [0.5, 0.6) is 0 Å². The monoisotopic (exact) mass is 297 g/mol. The molecule has 0 aromatic heterocycles. The van der Waals surface area contributed by atoms with E-state index in [1.807, 2.05) is 0 Å². The lowest BCUT2D eigenvalue weighted by Gasteiger charge is -2.30. The Bertz CT molecular complexity index is 211. The second kappa shape index (κ2) is 4.62. The van der Waals surface area contributed by atoms with Crippen LogP contribution in [0.4, 0.5) is 0 Å². The Kier molecular flexibility index (Phi) is 4.69. The predicted octanol–water partition coefficient (Wildman–Crippen LogP) is -0.971. The maximum absolute atomic E-state index is 5.73. The molecule has 0 aromatic rings. The van der Waals surface area contributed by atoms with E-state index in [1.54, 1.807) is 0 Å². The van der Waals surface area contributed by atoms with Crippen LogP contribution in [0.25, 0.3) is 0 Å². The number of nitrogens with zero attached hydrogens (tertiary/aromatic N) is 1. The average Bonchev–Trinajstić information content (AvgIpc) is 1.96. The van der Waals surface area contributed by atoms with Crippen molar-refractivity contribution < 1.29 is 33.3 Å². The lowest BCUT2D eigenvalue weighted by atomic mass is 9.95. The molecule has 13 heavy (non-hydrogen) atoms. The minimum atomic E-state index is 0. The fourth-order valence-corrected chi connectivity index (χ4v) is 1.85. The average molecular weight is 297 g/mol. The van der Waals surface area contributed by atoms with Gasteiger partial charge in [0.1, 0.15) is 13.2 Å². The molecular weight excluding hydrogens is 277 g/mol. The highest BCUT2D eigenvalue weighted by Crippen LogP contribution is 2.23. The van der Waals surface area contributed by atoms with Crippen LogP contribution >= 0.6 is 0 Å². The highest BCUT2D eigenvalue weighted by Gasteiger charge is 2.38. The molecule has 0 N–H and O–H groups in total. The number of hydrogen-bond donors (Lipinski definition) is 0. The molecule has 0 aromatic carbocycles. The minimum Gasteiger partial charge on any atom is -1.00 e. The summed E-state index contributed by atoms with van der Waals surface area (Å²) in [5.41, 5.74) is 0.253. The second-order valence-electron chi connectivity index (χ2n) is 4.25. The van der Waals surface area contributed by atoms with Crippen molar-refractivity contribution in [3.05, 3.63) is 0 Å². The molecule has 0 radical (unpaired) electrons. The Balaban J connectivity index is 0.00000144. The zero-order chi connectivity index (χ0) is 9.35. The third-order valence-electron chi connectivity index (χ3n) is 2.71. The van der Waals surface area contributed by atoms with E-state index in [2.05, 4.69) is 39.3 Å². The van der Waals surface area contributed by atoms with Crippen molar-refractivity contribution in [2.75, 3.05) is 7.05 Å². The molecule has 1 atom stereocenters. The first-order valence-electron chi connectivity index (χ1n) is 4.73. The summed E-state index contributed by atoms with van der Waals surface area (Å²) in [6.45, 7) is 8.81. The quantitative estimate of drug-likeness (QED) is 0.448. The molecule has 0 bridgehead atoms. The third kappa shape index (κ3) is 2.82. The molecule has 0 spiro atoms. The fraction of sp³-hybridized carbons (Fsp3) is 0.900. The van der Waals surface area contributed by atoms with Crippen molar-refractivity contribution >= 4 is 5.90 Å². The van der Waals surface area contributed by atoms with Gasteiger partial charge in [-0.2, -0.15) is 0 Å². The third-order valence-corrected chi connectivity index (χ3v) is 2.71. The van der Waals surface area contributed by atoms with Gasteiger partial charge in [0.15, 0.2) is 5.54 Å². The van der Waals surface area contributed by atoms with Gasteiger partial charge in [0.25, 0.3) is 0 Å². The molecule has 1 heterocycles. The van der Waals surface area contributed by atoms with Crippen molar-refractivity contribution in [1.29, 1.82) is 0 Å². The van der Waals surface area contributed by atoms with E-state index in [9.17, 15) is 0 Å². The Morgan fingerprint density at radius 1 is 1.54 bits per heavy atom. The lowest BCUT2D eigenvalue weighted by Crippen LogP contribution is -3.00.